The molecule has 32 heavy (non-hydrogen) atoms. The van der Waals surface area contributed by atoms with Crippen LogP contribution >= 0.6 is 0 Å². The molecule has 0 unspecified atom stereocenters. The molecule has 4 rings (SSSR count). The lowest BCUT2D eigenvalue weighted by molar-refractivity contribution is -0.134. The number of hydrogen-bond donors (Lipinski definition) is 1. The van der Waals surface area contributed by atoms with Gasteiger partial charge in [-0.25, -0.2) is 4.39 Å². The Morgan fingerprint density at radius 2 is 1.94 bits per heavy atom. The van der Waals surface area contributed by atoms with Gasteiger partial charge in [-0.3, -0.25) is 9.59 Å². The van der Waals surface area contributed by atoms with Crippen LogP contribution in [0.1, 0.15) is 29.9 Å². The summed E-state index contributed by atoms with van der Waals surface area (Å²) >= 11 is 0. The highest BCUT2D eigenvalue weighted by Crippen LogP contribution is 2.25. The van der Waals surface area contributed by atoms with Gasteiger partial charge >= 0.3 is 0 Å². The van der Waals surface area contributed by atoms with E-state index >= 15 is 0 Å². The highest BCUT2D eigenvalue weighted by Gasteiger charge is 2.29. The SMILES string of the molecule is Cc1noc(C)c1CC(=O)N1CCC[C@@H](C(=O)Nc2cccc(-c3ccc(F)cc3)c2)C1. The lowest BCUT2D eigenvalue weighted by atomic mass is 9.96. The number of carbonyl (C=O) groups excluding carboxylic acids is 2. The van der Waals surface area contributed by atoms with Crippen LogP contribution in [0.4, 0.5) is 10.1 Å². The smallest absolute Gasteiger partial charge is 0.229 e. The van der Waals surface area contributed by atoms with Crippen molar-refractivity contribution in [1.82, 2.24) is 10.1 Å². The van der Waals surface area contributed by atoms with E-state index in [0.717, 1.165) is 35.2 Å². The van der Waals surface area contributed by atoms with Crippen LogP contribution in [0, 0.1) is 25.6 Å². The predicted octanol–water partition coefficient (Wildman–Crippen LogP) is 4.52. The second-order valence-electron chi connectivity index (χ2n) is 8.24. The first-order valence-corrected chi connectivity index (χ1v) is 10.8. The van der Waals surface area contributed by atoms with Crippen molar-refractivity contribution in [3.63, 3.8) is 0 Å². The van der Waals surface area contributed by atoms with Crippen molar-refractivity contribution >= 4 is 17.5 Å². The monoisotopic (exact) mass is 435 g/mol. The first-order valence-electron chi connectivity index (χ1n) is 10.8. The van der Waals surface area contributed by atoms with Crippen molar-refractivity contribution < 1.29 is 18.5 Å². The Balaban J connectivity index is 1.40. The van der Waals surface area contributed by atoms with E-state index < -0.39 is 0 Å². The Morgan fingerprint density at radius 3 is 2.66 bits per heavy atom. The Hall–Kier alpha value is -3.48. The van der Waals surface area contributed by atoms with Gasteiger partial charge in [-0.2, -0.15) is 0 Å². The standard InChI is InChI=1S/C25H26FN3O3/c1-16-23(17(2)32-28-16)14-24(30)29-12-4-6-20(15-29)25(31)27-22-7-3-5-19(13-22)18-8-10-21(26)11-9-18/h3,5,7-11,13,20H,4,6,12,14-15H2,1-2H3,(H,27,31)/t20-/m1/s1. The number of nitrogens with zero attached hydrogens (tertiary/aromatic N) is 2. The van der Waals surface area contributed by atoms with Crippen LogP contribution in [0.5, 0.6) is 0 Å². The second kappa shape index (κ2) is 9.34. The molecule has 166 valence electrons. The average Bonchev–Trinajstić information content (AvgIpc) is 3.12. The molecule has 2 heterocycles. The molecule has 0 saturated carbocycles. The molecule has 1 aliphatic heterocycles. The largest absolute Gasteiger partial charge is 0.361 e. The molecule has 1 N–H and O–H groups in total. The zero-order chi connectivity index (χ0) is 22.7. The lowest BCUT2D eigenvalue weighted by Crippen LogP contribution is -2.44. The molecule has 1 saturated heterocycles. The quantitative estimate of drug-likeness (QED) is 0.640. The van der Waals surface area contributed by atoms with E-state index in [-0.39, 0.29) is 30.0 Å². The summed E-state index contributed by atoms with van der Waals surface area (Å²) in [5.74, 6) is -0.0229. The minimum absolute atomic E-state index is 0.0183. The molecule has 0 bridgehead atoms. The summed E-state index contributed by atoms with van der Waals surface area (Å²) in [6, 6.07) is 13.7. The van der Waals surface area contributed by atoms with E-state index in [1.807, 2.05) is 31.2 Å². The number of amides is 2. The van der Waals surface area contributed by atoms with Gasteiger partial charge in [-0.1, -0.05) is 29.4 Å². The number of aromatic nitrogens is 1. The third-order valence-electron chi connectivity index (χ3n) is 5.96. The zero-order valence-corrected chi connectivity index (χ0v) is 18.2. The Kier molecular flexibility index (Phi) is 6.35. The number of halogens is 1. The van der Waals surface area contributed by atoms with Crippen LogP contribution in [0.15, 0.2) is 53.1 Å². The normalized spacial score (nSPS) is 16.1. The van der Waals surface area contributed by atoms with Gasteiger partial charge in [0, 0.05) is 24.3 Å². The highest BCUT2D eigenvalue weighted by molar-refractivity contribution is 5.94. The number of hydrogen-bond acceptors (Lipinski definition) is 4. The molecule has 7 heteroatoms. The molecule has 6 nitrogen and oxygen atoms in total. The number of benzene rings is 2. The van der Waals surface area contributed by atoms with Crippen LogP contribution in [-0.2, 0) is 16.0 Å². The summed E-state index contributed by atoms with van der Waals surface area (Å²) in [6.45, 7) is 4.67. The Morgan fingerprint density at radius 1 is 1.16 bits per heavy atom. The first kappa shape index (κ1) is 21.7. The summed E-state index contributed by atoms with van der Waals surface area (Å²) < 4.78 is 18.4. The minimum atomic E-state index is -0.288. The highest BCUT2D eigenvalue weighted by atomic mass is 19.1. The Bertz CT molecular complexity index is 1100. The van der Waals surface area contributed by atoms with Gasteiger partial charge in [0.2, 0.25) is 11.8 Å². The van der Waals surface area contributed by atoms with Gasteiger partial charge in [0.15, 0.2) is 0 Å². The fourth-order valence-corrected chi connectivity index (χ4v) is 4.10. The molecule has 0 spiro atoms. The third-order valence-corrected chi connectivity index (χ3v) is 5.96. The van der Waals surface area contributed by atoms with Crippen molar-refractivity contribution in [3.05, 3.63) is 71.4 Å². The van der Waals surface area contributed by atoms with Crippen molar-refractivity contribution in [2.45, 2.75) is 33.1 Å². The molecule has 1 aliphatic rings. The van der Waals surface area contributed by atoms with E-state index in [2.05, 4.69) is 10.5 Å². The lowest BCUT2D eigenvalue weighted by Gasteiger charge is -2.32. The molecule has 1 atom stereocenters. The molecule has 0 aliphatic carbocycles. The molecule has 0 radical (unpaired) electrons. The van der Waals surface area contributed by atoms with Gasteiger partial charge in [-0.15, -0.1) is 0 Å². The van der Waals surface area contributed by atoms with Gasteiger partial charge < -0.3 is 14.7 Å². The van der Waals surface area contributed by atoms with Crippen LogP contribution < -0.4 is 5.32 Å². The van der Waals surface area contributed by atoms with Gasteiger partial charge in [0.25, 0.3) is 0 Å². The summed E-state index contributed by atoms with van der Waals surface area (Å²) in [7, 11) is 0. The maximum atomic E-state index is 13.2. The van der Waals surface area contributed by atoms with Gasteiger partial charge in [0.05, 0.1) is 18.0 Å². The van der Waals surface area contributed by atoms with Gasteiger partial charge in [-0.05, 0) is 62.1 Å². The molecule has 3 aromatic rings. The number of nitrogens with one attached hydrogen (secondary N) is 1. The van der Waals surface area contributed by atoms with Crippen molar-refractivity contribution in [1.29, 1.82) is 0 Å². The van der Waals surface area contributed by atoms with Crippen molar-refractivity contribution in [3.8, 4) is 11.1 Å². The van der Waals surface area contributed by atoms with Crippen LogP contribution in [0.2, 0.25) is 0 Å². The Labute approximate surface area is 186 Å². The van der Waals surface area contributed by atoms with Gasteiger partial charge in [0.1, 0.15) is 11.6 Å². The van der Waals surface area contributed by atoms with Crippen molar-refractivity contribution in [2.75, 3.05) is 18.4 Å². The molecule has 2 amide bonds. The first-order chi connectivity index (χ1) is 15.4. The number of aryl methyl sites for hydroxylation is 2. The van der Waals surface area contributed by atoms with Crippen LogP contribution in [0.3, 0.4) is 0 Å². The van der Waals surface area contributed by atoms with Crippen LogP contribution in [-0.4, -0.2) is 35.0 Å². The number of piperidine rings is 1. The van der Waals surface area contributed by atoms with E-state index in [1.165, 1.54) is 12.1 Å². The average molecular weight is 435 g/mol. The molecular formula is C25H26FN3O3. The predicted molar refractivity (Wildman–Crippen MR) is 119 cm³/mol. The number of anilines is 1. The van der Waals surface area contributed by atoms with E-state index in [0.29, 0.717) is 24.5 Å². The fourth-order valence-electron chi connectivity index (χ4n) is 4.10. The van der Waals surface area contributed by atoms with E-state index in [9.17, 15) is 14.0 Å². The second-order valence-corrected chi connectivity index (χ2v) is 8.24. The van der Waals surface area contributed by atoms with E-state index in [1.54, 1.807) is 24.0 Å². The summed E-state index contributed by atoms with van der Waals surface area (Å²) in [5.41, 5.74) is 3.98. The molecular weight excluding hydrogens is 409 g/mol. The minimum Gasteiger partial charge on any atom is -0.361 e. The number of likely N-dealkylation sites (tertiary alicyclic amines) is 1. The summed E-state index contributed by atoms with van der Waals surface area (Å²) in [4.78, 5) is 27.5. The molecule has 1 fully saturated rings. The molecule has 1 aromatic heterocycles. The summed E-state index contributed by atoms with van der Waals surface area (Å²) in [5, 5.41) is 6.89. The van der Waals surface area contributed by atoms with Crippen LogP contribution in [0.25, 0.3) is 11.1 Å². The number of carbonyl (C=O) groups is 2. The summed E-state index contributed by atoms with van der Waals surface area (Å²) in [6.07, 6.45) is 1.74. The maximum Gasteiger partial charge on any atom is 0.229 e. The maximum absolute atomic E-state index is 13.2. The fraction of sp³-hybridized carbons (Fsp3) is 0.320. The third kappa shape index (κ3) is 4.88. The molecule has 2 aromatic carbocycles. The van der Waals surface area contributed by atoms with E-state index in [4.69, 9.17) is 4.52 Å². The zero-order valence-electron chi connectivity index (χ0n) is 18.2. The number of rotatable bonds is 5. The van der Waals surface area contributed by atoms with Crippen molar-refractivity contribution in [2.24, 2.45) is 5.92 Å². The topological polar surface area (TPSA) is 75.4 Å².